The first-order chi connectivity index (χ1) is 8.24. The third-order valence-electron chi connectivity index (χ3n) is 2.86. The molecule has 0 aliphatic carbocycles. The van der Waals surface area contributed by atoms with Crippen molar-refractivity contribution in [3.8, 4) is 0 Å². The highest BCUT2D eigenvalue weighted by Crippen LogP contribution is 2.11. The summed E-state index contributed by atoms with van der Waals surface area (Å²) in [6, 6.07) is 8.40. The zero-order chi connectivity index (χ0) is 12.5. The normalized spacial score (nSPS) is 11.1. The standard InChI is InChI=1S/C15H25NO/c1-13(2)6-5-11-17-12-15-8-4-3-7-14(15)9-10-16/h3-4,7-8,13H,5-6,9-12,16H2,1-2H3. The van der Waals surface area contributed by atoms with E-state index in [1.165, 1.54) is 17.5 Å². The van der Waals surface area contributed by atoms with E-state index in [-0.39, 0.29) is 0 Å². The largest absolute Gasteiger partial charge is 0.377 e. The first-order valence-corrected chi connectivity index (χ1v) is 6.58. The molecule has 0 aromatic heterocycles. The maximum atomic E-state index is 5.72. The molecule has 0 atom stereocenters. The molecule has 0 unspecified atom stereocenters. The lowest BCUT2D eigenvalue weighted by Gasteiger charge is -2.10. The number of hydrogen-bond donors (Lipinski definition) is 1. The van der Waals surface area contributed by atoms with Gasteiger partial charge in [-0.2, -0.15) is 0 Å². The molecular weight excluding hydrogens is 210 g/mol. The predicted molar refractivity (Wildman–Crippen MR) is 72.9 cm³/mol. The van der Waals surface area contributed by atoms with Crippen molar-refractivity contribution in [3.63, 3.8) is 0 Å². The summed E-state index contributed by atoms with van der Waals surface area (Å²) in [6.45, 7) is 6.76. The van der Waals surface area contributed by atoms with Gasteiger partial charge in [0.2, 0.25) is 0 Å². The van der Waals surface area contributed by atoms with Crippen LogP contribution in [0.25, 0.3) is 0 Å². The van der Waals surface area contributed by atoms with Crippen molar-refractivity contribution in [1.82, 2.24) is 0 Å². The van der Waals surface area contributed by atoms with E-state index in [1.54, 1.807) is 0 Å². The summed E-state index contributed by atoms with van der Waals surface area (Å²) in [4.78, 5) is 0. The molecule has 0 spiro atoms. The number of nitrogens with two attached hydrogens (primary N) is 1. The molecule has 0 saturated carbocycles. The molecule has 2 N–H and O–H groups in total. The number of hydrogen-bond acceptors (Lipinski definition) is 2. The minimum absolute atomic E-state index is 0.699. The molecule has 1 aromatic carbocycles. The first kappa shape index (κ1) is 14.2. The SMILES string of the molecule is CC(C)CCCOCc1ccccc1CCN. The van der Waals surface area contributed by atoms with E-state index >= 15 is 0 Å². The Balaban J connectivity index is 2.30. The van der Waals surface area contributed by atoms with Gasteiger partial charge >= 0.3 is 0 Å². The van der Waals surface area contributed by atoms with Crippen molar-refractivity contribution in [2.75, 3.05) is 13.2 Å². The summed E-state index contributed by atoms with van der Waals surface area (Å²) < 4.78 is 5.72. The van der Waals surface area contributed by atoms with Gasteiger partial charge in [0, 0.05) is 6.61 Å². The molecule has 0 heterocycles. The van der Waals surface area contributed by atoms with E-state index < -0.39 is 0 Å². The van der Waals surface area contributed by atoms with Gasteiger partial charge in [-0.05, 0) is 42.9 Å². The summed E-state index contributed by atoms with van der Waals surface area (Å²) in [5.41, 5.74) is 8.20. The molecular formula is C15H25NO. The molecule has 1 rings (SSSR count). The van der Waals surface area contributed by atoms with Gasteiger partial charge in [-0.15, -0.1) is 0 Å². The summed E-state index contributed by atoms with van der Waals surface area (Å²) in [7, 11) is 0. The van der Waals surface area contributed by atoms with Crippen LogP contribution in [-0.4, -0.2) is 13.2 Å². The van der Waals surface area contributed by atoms with E-state index in [9.17, 15) is 0 Å². The zero-order valence-corrected chi connectivity index (χ0v) is 11.1. The Kier molecular flexibility index (Phi) is 6.90. The Labute approximate surface area is 105 Å². The van der Waals surface area contributed by atoms with Gasteiger partial charge < -0.3 is 10.5 Å². The van der Waals surface area contributed by atoms with Crippen LogP contribution in [0, 0.1) is 5.92 Å². The van der Waals surface area contributed by atoms with Crippen LogP contribution in [0.5, 0.6) is 0 Å². The van der Waals surface area contributed by atoms with Gasteiger partial charge in [0.15, 0.2) is 0 Å². The Morgan fingerprint density at radius 2 is 1.88 bits per heavy atom. The topological polar surface area (TPSA) is 35.2 Å². The predicted octanol–water partition coefficient (Wildman–Crippen LogP) is 3.14. The molecule has 0 aliphatic rings. The smallest absolute Gasteiger partial charge is 0.0719 e. The van der Waals surface area contributed by atoms with Gasteiger partial charge in [0.1, 0.15) is 0 Å². The molecule has 2 nitrogen and oxygen atoms in total. The first-order valence-electron chi connectivity index (χ1n) is 6.58. The quantitative estimate of drug-likeness (QED) is 0.703. The van der Waals surface area contributed by atoms with Crippen molar-refractivity contribution >= 4 is 0 Å². The molecule has 0 fully saturated rings. The minimum atomic E-state index is 0.699. The summed E-state index contributed by atoms with van der Waals surface area (Å²) in [6.07, 6.45) is 3.33. The molecule has 1 aromatic rings. The lowest BCUT2D eigenvalue weighted by atomic mass is 10.1. The second-order valence-corrected chi connectivity index (χ2v) is 4.90. The molecule has 0 aliphatic heterocycles. The van der Waals surface area contributed by atoms with Gasteiger partial charge in [-0.1, -0.05) is 38.1 Å². The second kappa shape index (κ2) is 8.26. The lowest BCUT2D eigenvalue weighted by molar-refractivity contribution is 0.114. The van der Waals surface area contributed by atoms with Crippen LogP contribution in [0.2, 0.25) is 0 Å². The molecule has 0 amide bonds. The molecule has 0 radical (unpaired) electrons. The molecule has 0 saturated heterocycles. The third kappa shape index (κ3) is 5.85. The Bertz CT molecular complexity index is 310. The van der Waals surface area contributed by atoms with Crippen molar-refractivity contribution in [1.29, 1.82) is 0 Å². The summed E-state index contributed by atoms with van der Waals surface area (Å²) in [5, 5.41) is 0. The maximum Gasteiger partial charge on any atom is 0.0719 e. The van der Waals surface area contributed by atoms with E-state index in [1.807, 2.05) is 0 Å². The van der Waals surface area contributed by atoms with Crippen LogP contribution < -0.4 is 5.73 Å². The number of benzene rings is 1. The minimum Gasteiger partial charge on any atom is -0.377 e. The fraction of sp³-hybridized carbons (Fsp3) is 0.600. The third-order valence-corrected chi connectivity index (χ3v) is 2.86. The highest BCUT2D eigenvalue weighted by molar-refractivity contribution is 5.26. The van der Waals surface area contributed by atoms with Crippen molar-refractivity contribution in [2.24, 2.45) is 11.7 Å². The average Bonchev–Trinajstić information content (AvgIpc) is 2.31. The molecule has 2 heteroatoms. The molecule has 17 heavy (non-hydrogen) atoms. The van der Waals surface area contributed by atoms with Crippen LogP contribution in [0.15, 0.2) is 24.3 Å². The lowest BCUT2D eigenvalue weighted by Crippen LogP contribution is -2.06. The maximum absolute atomic E-state index is 5.72. The fourth-order valence-corrected chi connectivity index (χ4v) is 1.87. The van der Waals surface area contributed by atoms with Gasteiger partial charge in [-0.3, -0.25) is 0 Å². The molecule has 0 bridgehead atoms. The Morgan fingerprint density at radius 3 is 2.53 bits per heavy atom. The molecule has 96 valence electrons. The Morgan fingerprint density at radius 1 is 1.18 bits per heavy atom. The Hall–Kier alpha value is -0.860. The highest BCUT2D eigenvalue weighted by Gasteiger charge is 2.01. The van der Waals surface area contributed by atoms with Crippen molar-refractivity contribution < 1.29 is 4.74 Å². The van der Waals surface area contributed by atoms with Crippen LogP contribution in [-0.2, 0) is 17.8 Å². The zero-order valence-electron chi connectivity index (χ0n) is 11.1. The second-order valence-electron chi connectivity index (χ2n) is 4.90. The van der Waals surface area contributed by atoms with Crippen molar-refractivity contribution in [3.05, 3.63) is 35.4 Å². The fourth-order valence-electron chi connectivity index (χ4n) is 1.87. The van der Waals surface area contributed by atoms with Crippen molar-refractivity contribution in [2.45, 2.75) is 39.7 Å². The summed E-state index contributed by atoms with van der Waals surface area (Å²) in [5.74, 6) is 0.767. The van der Waals surface area contributed by atoms with E-state index in [0.29, 0.717) is 13.2 Å². The summed E-state index contributed by atoms with van der Waals surface area (Å²) >= 11 is 0. The van der Waals surface area contributed by atoms with Crippen LogP contribution >= 0.6 is 0 Å². The van der Waals surface area contributed by atoms with Crippen LogP contribution in [0.4, 0.5) is 0 Å². The monoisotopic (exact) mass is 235 g/mol. The number of rotatable bonds is 8. The van der Waals surface area contributed by atoms with Gasteiger partial charge in [-0.25, -0.2) is 0 Å². The van der Waals surface area contributed by atoms with Gasteiger partial charge in [0.25, 0.3) is 0 Å². The van der Waals surface area contributed by atoms with Crippen LogP contribution in [0.1, 0.15) is 37.8 Å². The number of ether oxygens (including phenoxy) is 1. The highest BCUT2D eigenvalue weighted by atomic mass is 16.5. The van der Waals surface area contributed by atoms with Crippen LogP contribution in [0.3, 0.4) is 0 Å². The van der Waals surface area contributed by atoms with Gasteiger partial charge in [0.05, 0.1) is 6.61 Å². The van der Waals surface area contributed by atoms with E-state index in [0.717, 1.165) is 25.4 Å². The van der Waals surface area contributed by atoms with E-state index in [4.69, 9.17) is 10.5 Å². The van der Waals surface area contributed by atoms with E-state index in [2.05, 4.69) is 38.1 Å². The average molecular weight is 235 g/mol.